The lowest BCUT2D eigenvalue weighted by Crippen LogP contribution is -2.11. The summed E-state index contributed by atoms with van der Waals surface area (Å²) in [7, 11) is 3.00. The Labute approximate surface area is 123 Å². The summed E-state index contributed by atoms with van der Waals surface area (Å²) in [6, 6.07) is 4.13. The van der Waals surface area contributed by atoms with Crippen LogP contribution in [0, 0.1) is 10.1 Å². The molecule has 10 heteroatoms. The molecule has 0 atom stereocenters. The average Bonchev–Trinajstić information content (AvgIpc) is 2.96. The number of anilines is 2. The predicted molar refractivity (Wildman–Crippen MR) is 77.1 cm³/mol. The first kappa shape index (κ1) is 14.7. The number of nitro groups is 1. The number of amides is 1. The summed E-state index contributed by atoms with van der Waals surface area (Å²) in [6.07, 6.45) is 0. The third-order valence-corrected chi connectivity index (χ3v) is 3.41. The number of hydrogen-bond acceptors (Lipinski definition) is 8. The molecule has 1 aromatic carbocycles. The SMILES string of the molecule is CNc1nnc(C(=O)Nc2ccc(OC)c([N+](=O)[O-])c2)s1. The van der Waals surface area contributed by atoms with E-state index in [0.29, 0.717) is 5.13 Å². The van der Waals surface area contributed by atoms with Crippen molar-refractivity contribution in [3.8, 4) is 5.75 Å². The number of carbonyl (C=O) groups excluding carboxylic acids is 1. The molecule has 9 nitrogen and oxygen atoms in total. The minimum Gasteiger partial charge on any atom is -0.490 e. The van der Waals surface area contributed by atoms with Crippen molar-refractivity contribution in [2.75, 3.05) is 24.8 Å². The van der Waals surface area contributed by atoms with Crippen LogP contribution in [0.4, 0.5) is 16.5 Å². The number of aromatic nitrogens is 2. The van der Waals surface area contributed by atoms with Crippen molar-refractivity contribution in [2.24, 2.45) is 0 Å². The van der Waals surface area contributed by atoms with Crippen molar-refractivity contribution < 1.29 is 14.5 Å². The van der Waals surface area contributed by atoms with Crippen molar-refractivity contribution in [3.63, 3.8) is 0 Å². The van der Waals surface area contributed by atoms with Crippen LogP contribution in [0.15, 0.2) is 18.2 Å². The van der Waals surface area contributed by atoms with E-state index in [1.54, 1.807) is 7.05 Å². The molecule has 0 bridgehead atoms. The Kier molecular flexibility index (Phi) is 4.28. The van der Waals surface area contributed by atoms with E-state index in [1.165, 1.54) is 25.3 Å². The highest BCUT2D eigenvalue weighted by molar-refractivity contribution is 7.17. The van der Waals surface area contributed by atoms with E-state index in [0.717, 1.165) is 11.3 Å². The maximum atomic E-state index is 11.9. The van der Waals surface area contributed by atoms with Gasteiger partial charge in [0.05, 0.1) is 12.0 Å². The van der Waals surface area contributed by atoms with E-state index in [9.17, 15) is 14.9 Å². The molecule has 2 rings (SSSR count). The van der Waals surface area contributed by atoms with Crippen LogP contribution < -0.4 is 15.4 Å². The molecule has 1 aromatic heterocycles. The van der Waals surface area contributed by atoms with Gasteiger partial charge in [0.2, 0.25) is 10.1 Å². The van der Waals surface area contributed by atoms with Gasteiger partial charge in [-0.3, -0.25) is 14.9 Å². The Bertz CT molecular complexity index is 687. The van der Waals surface area contributed by atoms with E-state index < -0.39 is 10.8 Å². The zero-order valence-electron chi connectivity index (χ0n) is 11.1. The summed E-state index contributed by atoms with van der Waals surface area (Å²) < 4.78 is 4.89. The van der Waals surface area contributed by atoms with Gasteiger partial charge in [-0.1, -0.05) is 11.3 Å². The van der Waals surface area contributed by atoms with Gasteiger partial charge >= 0.3 is 5.69 Å². The Morgan fingerprint density at radius 1 is 1.43 bits per heavy atom. The number of hydrogen-bond donors (Lipinski definition) is 2. The van der Waals surface area contributed by atoms with Gasteiger partial charge in [-0.15, -0.1) is 10.2 Å². The van der Waals surface area contributed by atoms with Crippen LogP contribution >= 0.6 is 11.3 Å². The van der Waals surface area contributed by atoms with Gasteiger partial charge < -0.3 is 15.4 Å². The molecule has 2 aromatic rings. The monoisotopic (exact) mass is 309 g/mol. The molecular weight excluding hydrogens is 298 g/mol. The van der Waals surface area contributed by atoms with Gasteiger partial charge in [-0.25, -0.2) is 0 Å². The van der Waals surface area contributed by atoms with Crippen LogP contribution in [0.25, 0.3) is 0 Å². The Hall–Kier alpha value is -2.75. The largest absolute Gasteiger partial charge is 0.490 e. The molecule has 2 N–H and O–H groups in total. The maximum absolute atomic E-state index is 11.9. The number of benzene rings is 1. The topological polar surface area (TPSA) is 119 Å². The average molecular weight is 309 g/mol. The normalized spacial score (nSPS) is 10.0. The van der Waals surface area contributed by atoms with Crippen molar-refractivity contribution in [3.05, 3.63) is 33.3 Å². The van der Waals surface area contributed by atoms with Crippen LogP contribution in [0.1, 0.15) is 9.80 Å². The number of nitrogens with one attached hydrogen (secondary N) is 2. The second-order valence-corrected chi connectivity index (χ2v) is 4.74. The van der Waals surface area contributed by atoms with Crippen molar-refractivity contribution in [1.82, 2.24) is 10.2 Å². The highest BCUT2D eigenvalue weighted by atomic mass is 32.1. The fourth-order valence-electron chi connectivity index (χ4n) is 1.51. The van der Waals surface area contributed by atoms with E-state index in [2.05, 4.69) is 20.8 Å². The standard InChI is InChI=1S/C11H11N5O4S/c1-12-11-15-14-10(21-11)9(17)13-6-3-4-8(20-2)7(5-6)16(18)19/h3-5H,1-2H3,(H,12,15)(H,13,17). The lowest BCUT2D eigenvalue weighted by molar-refractivity contribution is -0.385. The van der Waals surface area contributed by atoms with Crippen LogP contribution in [-0.2, 0) is 0 Å². The molecule has 21 heavy (non-hydrogen) atoms. The number of rotatable bonds is 5. The molecule has 0 aliphatic rings. The fourth-order valence-corrected chi connectivity index (χ4v) is 2.10. The molecule has 0 aliphatic carbocycles. The smallest absolute Gasteiger partial charge is 0.312 e. The summed E-state index contributed by atoms with van der Waals surface area (Å²) in [6.45, 7) is 0. The van der Waals surface area contributed by atoms with Gasteiger partial charge in [-0.2, -0.15) is 0 Å². The number of methoxy groups -OCH3 is 1. The fraction of sp³-hybridized carbons (Fsp3) is 0.182. The maximum Gasteiger partial charge on any atom is 0.312 e. The lowest BCUT2D eigenvalue weighted by Gasteiger charge is -2.05. The van der Waals surface area contributed by atoms with Gasteiger partial charge in [0.1, 0.15) is 0 Å². The summed E-state index contributed by atoms with van der Waals surface area (Å²) in [5, 5.41) is 24.3. The van der Waals surface area contributed by atoms with Gasteiger partial charge in [-0.05, 0) is 12.1 Å². The molecule has 1 heterocycles. The zero-order chi connectivity index (χ0) is 15.4. The molecule has 0 unspecified atom stereocenters. The number of nitrogens with zero attached hydrogens (tertiary/aromatic N) is 3. The van der Waals surface area contributed by atoms with Crippen molar-refractivity contribution in [1.29, 1.82) is 0 Å². The zero-order valence-corrected chi connectivity index (χ0v) is 11.9. The Balaban J connectivity index is 2.21. The van der Waals surface area contributed by atoms with Gasteiger partial charge in [0.15, 0.2) is 5.75 Å². The van der Waals surface area contributed by atoms with E-state index in [4.69, 9.17) is 4.74 Å². The molecule has 0 saturated heterocycles. The second-order valence-electron chi connectivity index (χ2n) is 3.76. The molecule has 0 spiro atoms. The van der Waals surface area contributed by atoms with E-state index in [1.807, 2.05) is 0 Å². The highest BCUT2D eigenvalue weighted by Gasteiger charge is 2.18. The van der Waals surface area contributed by atoms with Crippen LogP contribution in [0.2, 0.25) is 0 Å². The molecule has 0 radical (unpaired) electrons. The van der Waals surface area contributed by atoms with Crippen LogP contribution in [0.5, 0.6) is 5.75 Å². The number of carbonyl (C=O) groups is 1. The molecule has 0 saturated carbocycles. The quantitative estimate of drug-likeness (QED) is 0.637. The predicted octanol–water partition coefficient (Wildman–Crippen LogP) is 1.75. The minimum absolute atomic E-state index is 0.117. The second kappa shape index (κ2) is 6.13. The van der Waals surface area contributed by atoms with Gasteiger partial charge in [0.25, 0.3) is 5.91 Å². The first-order valence-electron chi connectivity index (χ1n) is 5.70. The Morgan fingerprint density at radius 2 is 2.19 bits per heavy atom. The van der Waals surface area contributed by atoms with E-state index >= 15 is 0 Å². The summed E-state index contributed by atoms with van der Waals surface area (Å²) in [4.78, 5) is 22.3. The first-order chi connectivity index (χ1) is 10.0. The third kappa shape index (κ3) is 3.23. The van der Waals surface area contributed by atoms with Crippen molar-refractivity contribution >= 4 is 33.8 Å². The minimum atomic E-state index is -0.585. The Morgan fingerprint density at radius 3 is 2.76 bits per heavy atom. The molecule has 1 amide bonds. The summed E-state index contributed by atoms with van der Waals surface area (Å²) in [5.74, 6) is -0.375. The van der Waals surface area contributed by atoms with Crippen LogP contribution in [0.3, 0.4) is 0 Å². The molecule has 0 fully saturated rings. The van der Waals surface area contributed by atoms with Crippen molar-refractivity contribution in [2.45, 2.75) is 0 Å². The first-order valence-corrected chi connectivity index (χ1v) is 6.52. The third-order valence-electron chi connectivity index (χ3n) is 2.47. The summed E-state index contributed by atoms with van der Waals surface area (Å²) >= 11 is 1.07. The van der Waals surface area contributed by atoms with Gasteiger partial charge in [0, 0.05) is 18.8 Å². The lowest BCUT2D eigenvalue weighted by atomic mass is 10.2. The summed E-state index contributed by atoms with van der Waals surface area (Å²) in [5.41, 5.74) is 0.0391. The molecule has 0 aliphatic heterocycles. The molecular formula is C11H11N5O4S. The van der Waals surface area contributed by atoms with E-state index in [-0.39, 0.29) is 22.1 Å². The highest BCUT2D eigenvalue weighted by Crippen LogP contribution is 2.30. The van der Waals surface area contributed by atoms with Crippen LogP contribution in [-0.4, -0.2) is 35.2 Å². The number of ether oxygens (including phenoxy) is 1. The molecule has 110 valence electrons. The number of nitro benzene ring substituents is 1.